The summed E-state index contributed by atoms with van der Waals surface area (Å²) >= 11 is 0. The van der Waals surface area contributed by atoms with E-state index in [1.54, 1.807) is 0 Å². The monoisotopic (exact) mass is 391 g/mol. The minimum Gasteiger partial charge on any atom is -0.756 e. The second-order valence-electron chi connectivity index (χ2n) is 4.83. The van der Waals surface area contributed by atoms with Gasteiger partial charge in [0.05, 0.1) is 26.2 Å². The lowest BCUT2D eigenvalue weighted by atomic mass is 10.3. The Balaban J connectivity index is 0. The fourth-order valence-electron chi connectivity index (χ4n) is 1.68. The zero-order chi connectivity index (χ0) is 19.7. The van der Waals surface area contributed by atoms with E-state index in [0.29, 0.717) is 0 Å². The Labute approximate surface area is 137 Å². The number of halogens is 6. The average Bonchev–Trinajstić information content (AvgIpc) is 2.46. The van der Waals surface area contributed by atoms with Gasteiger partial charge in [0, 0.05) is 0 Å². The van der Waals surface area contributed by atoms with Crippen LogP contribution in [0, 0.1) is 0 Å². The average molecular weight is 391 g/mol. The van der Waals surface area contributed by atoms with Crippen LogP contribution in [-0.2, 0) is 13.6 Å². The maximum Gasteiger partial charge on any atom is 0.412 e. The molecule has 0 unspecified atom stereocenters. The number of hydrogen-bond donors (Lipinski definition) is 0. The number of hydrogen-bond acceptors (Lipinski definition) is 4. The Morgan fingerprint density at radius 1 is 0.792 bits per heavy atom. The molecule has 0 fully saturated rings. The van der Waals surface area contributed by atoms with Crippen molar-refractivity contribution in [1.29, 1.82) is 0 Å². The molecule has 5 nitrogen and oxygen atoms in total. The molecule has 148 valence electrons. The topological polar surface area (TPSA) is 58.6 Å². The van der Waals surface area contributed by atoms with Crippen molar-refractivity contribution in [1.82, 2.24) is 0 Å². The third-order valence-corrected chi connectivity index (χ3v) is 4.35. The molecule has 0 spiro atoms. The van der Waals surface area contributed by atoms with E-state index in [0.717, 1.165) is 0 Å². The maximum absolute atomic E-state index is 11.4. The van der Waals surface area contributed by atoms with E-state index in [2.05, 4.69) is 36.7 Å². The molecule has 0 radical (unpaired) electrons. The van der Waals surface area contributed by atoms with Crippen LogP contribution in [0.25, 0.3) is 0 Å². The fraction of sp³-hybridized carbons (Fsp3) is 1.00. The fourth-order valence-corrected chi connectivity index (χ4v) is 2.37. The quantitative estimate of drug-likeness (QED) is 0.361. The van der Waals surface area contributed by atoms with Crippen molar-refractivity contribution < 1.29 is 49.3 Å². The SMILES string of the molecule is CC[N+](CC)(CC)CC.O=P([O-])(OCC(F)(F)F)OCC(F)(F)F. The first kappa shape index (κ1) is 25.9. The van der Waals surface area contributed by atoms with Gasteiger partial charge in [0.1, 0.15) is 0 Å². The number of quaternary nitrogens is 1. The summed E-state index contributed by atoms with van der Waals surface area (Å²) in [5.41, 5.74) is 0. The van der Waals surface area contributed by atoms with E-state index in [4.69, 9.17) is 0 Å². The predicted octanol–water partition coefficient (Wildman–Crippen LogP) is 3.50. The highest BCUT2D eigenvalue weighted by molar-refractivity contribution is 7.45. The van der Waals surface area contributed by atoms with Crippen LogP contribution in [0.2, 0.25) is 0 Å². The summed E-state index contributed by atoms with van der Waals surface area (Å²) in [4.78, 5) is 10.3. The highest BCUT2D eigenvalue weighted by Crippen LogP contribution is 2.41. The predicted molar refractivity (Wildman–Crippen MR) is 74.0 cm³/mol. The Hall–Kier alpha value is -0.350. The van der Waals surface area contributed by atoms with E-state index in [1.165, 1.54) is 30.7 Å². The third kappa shape index (κ3) is 14.0. The number of phosphoric ester groups is 1. The molecule has 0 rings (SSSR count). The first-order valence-corrected chi connectivity index (χ1v) is 8.70. The third-order valence-electron chi connectivity index (χ3n) is 3.46. The molecular formula is C12H24F6NO4P. The molecule has 0 aliphatic heterocycles. The van der Waals surface area contributed by atoms with Crippen LogP contribution in [0.1, 0.15) is 27.7 Å². The molecule has 0 atom stereocenters. The van der Waals surface area contributed by atoms with Gasteiger partial charge in [-0.3, -0.25) is 4.57 Å². The summed E-state index contributed by atoms with van der Waals surface area (Å²) in [5, 5.41) is 0. The number of phosphoric acid groups is 1. The molecule has 24 heavy (non-hydrogen) atoms. The molecule has 0 aliphatic rings. The molecule has 0 heterocycles. The van der Waals surface area contributed by atoms with Crippen molar-refractivity contribution in [3.05, 3.63) is 0 Å². The molecule has 0 N–H and O–H groups in total. The van der Waals surface area contributed by atoms with Crippen molar-refractivity contribution in [2.45, 2.75) is 40.0 Å². The first-order chi connectivity index (χ1) is 10.7. The Morgan fingerprint density at radius 3 is 1.17 bits per heavy atom. The summed E-state index contributed by atoms with van der Waals surface area (Å²) in [6.07, 6.45) is -9.94. The van der Waals surface area contributed by atoms with E-state index in [9.17, 15) is 35.8 Å². The van der Waals surface area contributed by atoms with E-state index in [-0.39, 0.29) is 0 Å². The van der Waals surface area contributed by atoms with Crippen LogP contribution in [0.15, 0.2) is 0 Å². The number of rotatable bonds is 8. The zero-order valence-corrected chi connectivity index (χ0v) is 14.9. The standard InChI is InChI=1S/C8H20N.C4H5F6O4P/c1-5-9(6-2,7-3)8-4;5-3(6,7)1-13-15(11,12)14-2-4(8,9)10/h5-8H2,1-4H3;1-2H2,(H,11,12)/q+1;/p-1. The van der Waals surface area contributed by atoms with Crippen molar-refractivity contribution in [2.75, 3.05) is 39.4 Å². The highest BCUT2D eigenvalue weighted by atomic mass is 31.2. The van der Waals surface area contributed by atoms with Crippen LogP contribution in [-0.4, -0.2) is 56.2 Å². The Bertz CT molecular complexity index is 345. The molecule has 0 aromatic heterocycles. The van der Waals surface area contributed by atoms with Gasteiger partial charge in [-0.15, -0.1) is 0 Å². The van der Waals surface area contributed by atoms with Gasteiger partial charge in [-0.25, -0.2) is 0 Å². The number of alkyl halides is 6. The van der Waals surface area contributed by atoms with Gasteiger partial charge in [-0.1, -0.05) is 0 Å². The second kappa shape index (κ2) is 10.6. The van der Waals surface area contributed by atoms with Crippen LogP contribution < -0.4 is 4.89 Å². The first-order valence-electron chi connectivity index (χ1n) is 7.24. The van der Waals surface area contributed by atoms with Crippen LogP contribution in [0.3, 0.4) is 0 Å². The van der Waals surface area contributed by atoms with Gasteiger partial charge >= 0.3 is 12.4 Å². The molecule has 0 saturated carbocycles. The lowest BCUT2D eigenvalue weighted by Crippen LogP contribution is -2.47. The minimum atomic E-state index is -5.58. The Kier molecular flexibility index (Phi) is 11.4. The summed E-state index contributed by atoms with van der Waals surface area (Å²) in [6, 6.07) is 0. The highest BCUT2D eigenvalue weighted by Gasteiger charge is 2.33. The van der Waals surface area contributed by atoms with Gasteiger partial charge in [-0.2, -0.15) is 26.3 Å². The van der Waals surface area contributed by atoms with Crippen molar-refractivity contribution >= 4 is 7.82 Å². The molecule has 0 aromatic rings. The van der Waals surface area contributed by atoms with Gasteiger partial charge < -0.3 is 18.4 Å². The lowest BCUT2D eigenvalue weighted by Gasteiger charge is -2.34. The summed E-state index contributed by atoms with van der Waals surface area (Å²) in [7, 11) is -5.58. The van der Waals surface area contributed by atoms with Crippen molar-refractivity contribution in [3.63, 3.8) is 0 Å². The van der Waals surface area contributed by atoms with E-state index >= 15 is 0 Å². The molecule has 0 aromatic carbocycles. The van der Waals surface area contributed by atoms with Crippen LogP contribution in [0.4, 0.5) is 26.3 Å². The molecular weight excluding hydrogens is 367 g/mol. The number of nitrogens with zero attached hydrogens (tertiary/aromatic N) is 1. The second-order valence-corrected chi connectivity index (χ2v) is 6.24. The van der Waals surface area contributed by atoms with E-state index in [1.807, 2.05) is 0 Å². The normalized spacial score (nSPS) is 13.5. The molecule has 0 bridgehead atoms. The smallest absolute Gasteiger partial charge is 0.412 e. The maximum atomic E-state index is 11.4. The summed E-state index contributed by atoms with van der Waals surface area (Å²) in [6.45, 7) is 9.76. The van der Waals surface area contributed by atoms with Gasteiger partial charge in [0.25, 0.3) is 7.82 Å². The van der Waals surface area contributed by atoms with Crippen LogP contribution >= 0.6 is 7.82 Å². The molecule has 12 heteroatoms. The molecule has 0 amide bonds. The molecule has 0 saturated heterocycles. The summed E-state index contributed by atoms with van der Waals surface area (Å²) < 4.78 is 86.3. The molecule has 0 aliphatic carbocycles. The van der Waals surface area contributed by atoms with Crippen LogP contribution in [0.5, 0.6) is 0 Å². The minimum absolute atomic E-state index is 1.28. The largest absolute Gasteiger partial charge is 0.756 e. The van der Waals surface area contributed by atoms with Gasteiger partial charge in [-0.05, 0) is 27.7 Å². The van der Waals surface area contributed by atoms with Gasteiger partial charge in [0.15, 0.2) is 13.2 Å². The van der Waals surface area contributed by atoms with Crippen molar-refractivity contribution in [3.8, 4) is 0 Å². The van der Waals surface area contributed by atoms with Crippen molar-refractivity contribution in [2.24, 2.45) is 0 Å². The summed E-state index contributed by atoms with van der Waals surface area (Å²) in [5.74, 6) is 0. The van der Waals surface area contributed by atoms with E-state index < -0.39 is 33.4 Å². The van der Waals surface area contributed by atoms with Gasteiger partial charge in [0.2, 0.25) is 0 Å². The zero-order valence-electron chi connectivity index (χ0n) is 14.0. The Morgan fingerprint density at radius 2 is 1.04 bits per heavy atom. The lowest BCUT2D eigenvalue weighted by molar-refractivity contribution is -0.921.